The molecule has 4 heteroatoms. The molecule has 110 valence electrons. The van der Waals surface area contributed by atoms with Crippen molar-refractivity contribution in [3.05, 3.63) is 35.9 Å². The molecule has 0 heterocycles. The van der Waals surface area contributed by atoms with E-state index in [4.69, 9.17) is 9.84 Å². The molecule has 0 aliphatic heterocycles. The van der Waals surface area contributed by atoms with Crippen molar-refractivity contribution in [3.63, 3.8) is 0 Å². The largest absolute Gasteiger partial charge is 0.481 e. The number of ketones is 1. The zero-order chi connectivity index (χ0) is 15.0. The lowest BCUT2D eigenvalue weighted by molar-refractivity contribution is -0.138. The SMILES string of the molecule is COC(CCc1ccccc1)C(CCC(=O)O)C(C)=O. The summed E-state index contributed by atoms with van der Waals surface area (Å²) in [5.41, 5.74) is 1.19. The minimum atomic E-state index is -0.880. The lowest BCUT2D eigenvalue weighted by Gasteiger charge is -2.23. The highest BCUT2D eigenvalue weighted by Gasteiger charge is 2.25. The van der Waals surface area contributed by atoms with Gasteiger partial charge in [0, 0.05) is 19.4 Å². The number of aliphatic carboxylic acids is 1. The highest BCUT2D eigenvalue weighted by molar-refractivity contribution is 5.79. The van der Waals surface area contributed by atoms with Gasteiger partial charge in [0.05, 0.1) is 6.10 Å². The Hall–Kier alpha value is -1.68. The van der Waals surface area contributed by atoms with Gasteiger partial charge in [-0.2, -0.15) is 0 Å². The number of methoxy groups -OCH3 is 1. The summed E-state index contributed by atoms with van der Waals surface area (Å²) in [7, 11) is 1.58. The Balaban J connectivity index is 2.60. The summed E-state index contributed by atoms with van der Waals surface area (Å²) in [6.07, 6.45) is 1.63. The van der Waals surface area contributed by atoms with Gasteiger partial charge in [-0.15, -0.1) is 0 Å². The van der Waals surface area contributed by atoms with E-state index in [1.54, 1.807) is 7.11 Å². The number of hydrogen-bond acceptors (Lipinski definition) is 3. The van der Waals surface area contributed by atoms with E-state index in [9.17, 15) is 9.59 Å². The molecule has 0 bridgehead atoms. The van der Waals surface area contributed by atoms with Gasteiger partial charge in [-0.05, 0) is 31.7 Å². The van der Waals surface area contributed by atoms with Gasteiger partial charge in [0.1, 0.15) is 5.78 Å². The van der Waals surface area contributed by atoms with Gasteiger partial charge in [0.2, 0.25) is 0 Å². The van der Waals surface area contributed by atoms with Crippen LogP contribution in [0, 0.1) is 5.92 Å². The molecule has 20 heavy (non-hydrogen) atoms. The number of carboxylic acid groups (broad SMARTS) is 1. The second kappa shape index (κ2) is 8.48. The zero-order valence-electron chi connectivity index (χ0n) is 12.0. The molecule has 2 unspecified atom stereocenters. The fourth-order valence-corrected chi connectivity index (χ4v) is 2.37. The van der Waals surface area contributed by atoms with Crippen LogP contribution in [-0.4, -0.2) is 30.1 Å². The molecule has 4 nitrogen and oxygen atoms in total. The number of carboxylic acids is 1. The molecule has 0 radical (unpaired) electrons. The summed E-state index contributed by atoms with van der Waals surface area (Å²) in [5.74, 6) is -1.24. The van der Waals surface area contributed by atoms with E-state index in [2.05, 4.69) is 0 Å². The first-order valence-electron chi connectivity index (χ1n) is 6.83. The molecule has 1 aromatic rings. The summed E-state index contributed by atoms with van der Waals surface area (Å²) in [4.78, 5) is 22.4. The van der Waals surface area contributed by atoms with E-state index in [0.717, 1.165) is 6.42 Å². The van der Waals surface area contributed by atoms with E-state index in [0.29, 0.717) is 12.8 Å². The van der Waals surface area contributed by atoms with Crippen molar-refractivity contribution >= 4 is 11.8 Å². The Morgan fingerprint density at radius 2 is 1.85 bits per heavy atom. The number of rotatable bonds is 9. The number of carbonyl (C=O) groups is 2. The van der Waals surface area contributed by atoms with Crippen LogP contribution in [0.4, 0.5) is 0 Å². The highest BCUT2D eigenvalue weighted by Crippen LogP contribution is 2.20. The quantitative estimate of drug-likeness (QED) is 0.754. The van der Waals surface area contributed by atoms with Crippen LogP contribution in [0.15, 0.2) is 30.3 Å². The van der Waals surface area contributed by atoms with Crippen molar-refractivity contribution in [3.8, 4) is 0 Å². The lowest BCUT2D eigenvalue weighted by Crippen LogP contribution is -2.29. The average molecular weight is 278 g/mol. The predicted octanol–water partition coefficient (Wildman–Crippen LogP) is 2.70. The van der Waals surface area contributed by atoms with Crippen molar-refractivity contribution < 1.29 is 19.4 Å². The summed E-state index contributed by atoms with van der Waals surface area (Å²) >= 11 is 0. The standard InChI is InChI=1S/C16H22O4/c1-12(17)14(9-11-16(18)19)15(20-2)10-8-13-6-4-3-5-7-13/h3-7,14-15H,8-11H2,1-2H3,(H,18,19). The van der Waals surface area contributed by atoms with E-state index in [1.165, 1.54) is 12.5 Å². The Kier molecular flexibility index (Phi) is 6.94. The first-order chi connectivity index (χ1) is 9.54. The molecule has 1 rings (SSSR count). The molecule has 0 spiro atoms. The molecule has 0 aliphatic rings. The molecule has 2 atom stereocenters. The van der Waals surface area contributed by atoms with Crippen molar-refractivity contribution in [2.24, 2.45) is 5.92 Å². The van der Waals surface area contributed by atoms with E-state index in [1.807, 2.05) is 30.3 Å². The third kappa shape index (κ3) is 5.53. The first kappa shape index (κ1) is 16.4. The molecule has 0 saturated carbocycles. The number of ether oxygens (including phenoxy) is 1. The molecule has 1 N–H and O–H groups in total. The van der Waals surface area contributed by atoms with Gasteiger partial charge in [-0.3, -0.25) is 9.59 Å². The van der Waals surface area contributed by atoms with Gasteiger partial charge >= 0.3 is 5.97 Å². The summed E-state index contributed by atoms with van der Waals surface area (Å²) < 4.78 is 5.41. The predicted molar refractivity (Wildman–Crippen MR) is 76.6 cm³/mol. The summed E-state index contributed by atoms with van der Waals surface area (Å²) in [6, 6.07) is 9.98. The Morgan fingerprint density at radius 3 is 2.35 bits per heavy atom. The van der Waals surface area contributed by atoms with Gasteiger partial charge in [0.25, 0.3) is 0 Å². The first-order valence-corrected chi connectivity index (χ1v) is 6.83. The van der Waals surface area contributed by atoms with Crippen molar-refractivity contribution in [2.45, 2.75) is 38.7 Å². The normalized spacial score (nSPS) is 13.7. The number of benzene rings is 1. The maximum atomic E-state index is 11.7. The van der Waals surface area contributed by atoms with E-state index in [-0.39, 0.29) is 24.2 Å². The van der Waals surface area contributed by atoms with Gasteiger partial charge in [-0.1, -0.05) is 30.3 Å². The van der Waals surface area contributed by atoms with Crippen molar-refractivity contribution in [1.29, 1.82) is 0 Å². The van der Waals surface area contributed by atoms with E-state index >= 15 is 0 Å². The van der Waals surface area contributed by atoms with Crippen molar-refractivity contribution in [2.75, 3.05) is 7.11 Å². The third-order valence-corrected chi connectivity index (χ3v) is 3.50. The van der Waals surface area contributed by atoms with Gasteiger partial charge < -0.3 is 9.84 Å². The van der Waals surface area contributed by atoms with Crippen LogP contribution in [0.25, 0.3) is 0 Å². The third-order valence-electron chi connectivity index (χ3n) is 3.50. The Morgan fingerprint density at radius 1 is 1.20 bits per heavy atom. The second-order valence-corrected chi connectivity index (χ2v) is 4.95. The molecule has 0 aliphatic carbocycles. The maximum absolute atomic E-state index is 11.7. The monoisotopic (exact) mass is 278 g/mol. The van der Waals surface area contributed by atoms with Crippen molar-refractivity contribution in [1.82, 2.24) is 0 Å². The average Bonchev–Trinajstić information content (AvgIpc) is 2.42. The molecular formula is C16H22O4. The zero-order valence-corrected chi connectivity index (χ0v) is 12.0. The highest BCUT2D eigenvalue weighted by atomic mass is 16.5. The molecular weight excluding hydrogens is 256 g/mol. The van der Waals surface area contributed by atoms with Crippen LogP contribution in [0.3, 0.4) is 0 Å². The van der Waals surface area contributed by atoms with Crippen LogP contribution in [-0.2, 0) is 20.7 Å². The lowest BCUT2D eigenvalue weighted by atomic mass is 9.89. The molecule has 0 fully saturated rings. The van der Waals surface area contributed by atoms with Gasteiger partial charge in [0.15, 0.2) is 0 Å². The Labute approximate surface area is 119 Å². The molecule has 0 amide bonds. The van der Waals surface area contributed by atoms with Crippen LogP contribution in [0.2, 0.25) is 0 Å². The summed E-state index contributed by atoms with van der Waals surface area (Å²) in [5, 5.41) is 8.75. The molecule has 1 aromatic carbocycles. The molecule has 0 saturated heterocycles. The van der Waals surface area contributed by atoms with Gasteiger partial charge in [-0.25, -0.2) is 0 Å². The van der Waals surface area contributed by atoms with Crippen LogP contribution in [0.5, 0.6) is 0 Å². The smallest absolute Gasteiger partial charge is 0.303 e. The topological polar surface area (TPSA) is 63.6 Å². The van der Waals surface area contributed by atoms with E-state index < -0.39 is 5.97 Å². The minimum absolute atomic E-state index is 0.00452. The maximum Gasteiger partial charge on any atom is 0.303 e. The number of hydrogen-bond donors (Lipinski definition) is 1. The molecule has 0 aromatic heterocycles. The van der Waals surface area contributed by atoms with Crippen LogP contribution >= 0.6 is 0 Å². The second-order valence-electron chi connectivity index (χ2n) is 4.95. The number of Topliss-reactive ketones (excluding diaryl/α,β-unsaturated/α-hetero) is 1. The Bertz CT molecular complexity index is 427. The number of aryl methyl sites for hydroxylation is 1. The minimum Gasteiger partial charge on any atom is -0.481 e. The fourth-order valence-electron chi connectivity index (χ4n) is 2.37. The van der Waals surface area contributed by atoms with Crippen LogP contribution in [0.1, 0.15) is 31.7 Å². The summed E-state index contributed by atoms with van der Waals surface area (Å²) in [6.45, 7) is 1.50. The number of carbonyl (C=O) groups excluding carboxylic acids is 1. The van der Waals surface area contributed by atoms with Crippen LogP contribution < -0.4 is 0 Å². The fraction of sp³-hybridized carbons (Fsp3) is 0.500.